The average molecular weight is 773 g/mol. The average Bonchev–Trinajstić information content (AvgIpc) is 3.10. The van der Waals surface area contributed by atoms with Crippen molar-refractivity contribution in [2.45, 2.75) is 225 Å². The second-order valence-electron chi connectivity index (χ2n) is 16.8. The van der Waals surface area contributed by atoms with Crippen molar-refractivity contribution in [1.82, 2.24) is 5.32 Å². The van der Waals surface area contributed by atoms with E-state index in [9.17, 15) is 19.4 Å². The zero-order valence-electron chi connectivity index (χ0n) is 35.7. The molecule has 0 aromatic heterocycles. The molecule has 0 aromatic carbocycles. The van der Waals surface area contributed by atoms with E-state index in [1.165, 1.54) is 154 Å². The molecule has 0 rings (SSSR count). The van der Waals surface area contributed by atoms with Crippen LogP contribution in [0.3, 0.4) is 0 Å². The maximum absolute atomic E-state index is 12.7. The van der Waals surface area contributed by atoms with Crippen LogP contribution in [0.15, 0.2) is 12.2 Å². The number of nitrogens with zero attached hydrogens (tertiary/aromatic N) is 1. The lowest BCUT2D eigenvalue weighted by Crippen LogP contribution is -2.45. The number of carbonyl (C=O) groups excluding carboxylic acids is 1. The van der Waals surface area contributed by atoms with E-state index in [2.05, 4.69) is 19.2 Å². The Kier molecular flexibility index (Phi) is 36.3. The van der Waals surface area contributed by atoms with Crippen LogP contribution in [0, 0.1) is 0 Å². The standard InChI is InChI=1S/C44H89N2O6P/c1-6-8-10-12-14-15-16-17-18-19-20-21-22-23-24-25-26-27-28-29-30-31-32-33-35-37-43(47)42(45-44(48)38-36-34-13-11-9-7-2)41-52-53(49,50)51-40-39-46(3,4)5/h35,37,42-43,47H,6-34,36,38-41H2,1-5H3,(H-,45,48,49,50)/b37-35+. The maximum Gasteiger partial charge on any atom is 0.268 e. The predicted molar refractivity (Wildman–Crippen MR) is 224 cm³/mol. The number of phosphoric acid groups is 1. The van der Waals surface area contributed by atoms with Gasteiger partial charge in [-0.2, -0.15) is 0 Å². The summed E-state index contributed by atoms with van der Waals surface area (Å²) in [7, 11) is 1.27. The molecule has 0 aliphatic carbocycles. The smallest absolute Gasteiger partial charge is 0.268 e. The Bertz CT molecular complexity index is 880. The number of amides is 1. The first kappa shape index (κ1) is 52.2. The Hall–Kier alpha value is -0.760. The molecule has 0 aromatic rings. The van der Waals surface area contributed by atoms with E-state index in [0.29, 0.717) is 17.4 Å². The van der Waals surface area contributed by atoms with Gasteiger partial charge in [-0.15, -0.1) is 0 Å². The molecule has 316 valence electrons. The Morgan fingerprint density at radius 2 is 1.02 bits per heavy atom. The lowest BCUT2D eigenvalue weighted by Gasteiger charge is -2.29. The molecule has 0 aliphatic rings. The van der Waals surface area contributed by atoms with E-state index in [1.807, 2.05) is 27.2 Å². The number of quaternary nitrogens is 1. The zero-order valence-corrected chi connectivity index (χ0v) is 36.6. The fraction of sp³-hybridized carbons (Fsp3) is 0.932. The molecule has 0 bridgehead atoms. The summed E-state index contributed by atoms with van der Waals surface area (Å²) in [4.78, 5) is 25.0. The monoisotopic (exact) mass is 773 g/mol. The largest absolute Gasteiger partial charge is 0.756 e. The van der Waals surface area contributed by atoms with Crippen LogP contribution in [-0.2, 0) is 18.4 Å². The van der Waals surface area contributed by atoms with Crippen LogP contribution in [0.4, 0.5) is 0 Å². The van der Waals surface area contributed by atoms with Gasteiger partial charge in [0.15, 0.2) is 0 Å². The summed E-state index contributed by atoms with van der Waals surface area (Å²) in [6.07, 6.45) is 41.6. The van der Waals surface area contributed by atoms with Crippen LogP contribution in [0.1, 0.15) is 213 Å². The van der Waals surface area contributed by atoms with Gasteiger partial charge in [-0.1, -0.05) is 199 Å². The molecular weight excluding hydrogens is 683 g/mol. The van der Waals surface area contributed by atoms with Crippen LogP contribution in [0.2, 0.25) is 0 Å². The molecule has 0 aliphatic heterocycles. The van der Waals surface area contributed by atoms with Crippen molar-refractivity contribution in [2.24, 2.45) is 0 Å². The fourth-order valence-corrected chi connectivity index (χ4v) is 7.35. The van der Waals surface area contributed by atoms with Gasteiger partial charge in [0.05, 0.1) is 39.9 Å². The molecule has 0 saturated carbocycles. The van der Waals surface area contributed by atoms with Gasteiger partial charge in [0.2, 0.25) is 5.91 Å². The molecular formula is C44H89N2O6P. The van der Waals surface area contributed by atoms with Crippen molar-refractivity contribution in [3.05, 3.63) is 12.2 Å². The van der Waals surface area contributed by atoms with Gasteiger partial charge in [-0.25, -0.2) is 0 Å². The van der Waals surface area contributed by atoms with Gasteiger partial charge < -0.3 is 28.8 Å². The Morgan fingerprint density at radius 1 is 0.642 bits per heavy atom. The number of carbonyl (C=O) groups is 1. The number of phosphoric ester groups is 1. The van der Waals surface area contributed by atoms with E-state index in [0.717, 1.165) is 38.5 Å². The first-order valence-corrected chi connectivity index (χ1v) is 24.0. The summed E-state index contributed by atoms with van der Waals surface area (Å²) < 4.78 is 23.1. The summed E-state index contributed by atoms with van der Waals surface area (Å²) in [6, 6.07) is -0.877. The number of allylic oxidation sites excluding steroid dienone is 1. The lowest BCUT2D eigenvalue weighted by molar-refractivity contribution is -0.870. The number of likely N-dealkylation sites (N-methyl/N-ethyl adjacent to an activating group) is 1. The van der Waals surface area contributed by atoms with E-state index >= 15 is 0 Å². The molecule has 0 fully saturated rings. The second kappa shape index (κ2) is 36.9. The summed E-state index contributed by atoms with van der Waals surface area (Å²) >= 11 is 0. The first-order chi connectivity index (χ1) is 25.5. The van der Waals surface area contributed by atoms with Crippen molar-refractivity contribution in [3.8, 4) is 0 Å². The molecule has 0 heterocycles. The minimum absolute atomic E-state index is 0.00134. The number of rotatable bonds is 41. The van der Waals surface area contributed by atoms with Gasteiger partial charge in [-0.3, -0.25) is 9.36 Å². The van der Waals surface area contributed by atoms with Gasteiger partial charge in [0.25, 0.3) is 7.82 Å². The highest BCUT2D eigenvalue weighted by Crippen LogP contribution is 2.38. The Labute approximate surface area is 329 Å². The first-order valence-electron chi connectivity index (χ1n) is 22.6. The van der Waals surface area contributed by atoms with Gasteiger partial charge in [0, 0.05) is 6.42 Å². The van der Waals surface area contributed by atoms with Crippen molar-refractivity contribution >= 4 is 13.7 Å². The summed E-state index contributed by atoms with van der Waals surface area (Å²) in [5, 5.41) is 13.7. The Morgan fingerprint density at radius 3 is 1.42 bits per heavy atom. The topological polar surface area (TPSA) is 108 Å². The number of aliphatic hydroxyl groups excluding tert-OH is 1. The third kappa shape index (κ3) is 39.3. The van der Waals surface area contributed by atoms with Gasteiger partial charge in [0.1, 0.15) is 13.2 Å². The molecule has 3 atom stereocenters. The number of nitrogens with one attached hydrogen (secondary N) is 1. The molecule has 0 spiro atoms. The minimum atomic E-state index is -4.57. The molecule has 3 unspecified atom stereocenters. The normalized spacial score (nSPS) is 14.5. The number of hydrogen-bond donors (Lipinski definition) is 2. The molecule has 0 saturated heterocycles. The predicted octanol–water partition coefficient (Wildman–Crippen LogP) is 11.7. The third-order valence-corrected chi connectivity index (χ3v) is 11.2. The third-order valence-electron chi connectivity index (χ3n) is 10.2. The van der Waals surface area contributed by atoms with Crippen molar-refractivity contribution in [3.63, 3.8) is 0 Å². The van der Waals surface area contributed by atoms with Crippen molar-refractivity contribution in [1.29, 1.82) is 0 Å². The minimum Gasteiger partial charge on any atom is -0.756 e. The summed E-state index contributed by atoms with van der Waals surface area (Å²) in [5.41, 5.74) is 0. The maximum atomic E-state index is 12.7. The van der Waals surface area contributed by atoms with Crippen molar-refractivity contribution < 1.29 is 32.9 Å². The molecule has 53 heavy (non-hydrogen) atoms. The van der Waals surface area contributed by atoms with Crippen LogP contribution in [0.25, 0.3) is 0 Å². The van der Waals surface area contributed by atoms with Gasteiger partial charge in [-0.05, 0) is 19.3 Å². The van der Waals surface area contributed by atoms with E-state index in [1.54, 1.807) is 6.08 Å². The number of aliphatic hydroxyl groups is 1. The second-order valence-corrected chi connectivity index (χ2v) is 18.2. The number of hydrogen-bond acceptors (Lipinski definition) is 6. The zero-order chi connectivity index (χ0) is 39.3. The molecule has 0 radical (unpaired) electrons. The van der Waals surface area contributed by atoms with Gasteiger partial charge >= 0.3 is 0 Å². The van der Waals surface area contributed by atoms with E-state index in [-0.39, 0.29) is 19.1 Å². The van der Waals surface area contributed by atoms with E-state index in [4.69, 9.17) is 9.05 Å². The molecule has 1 amide bonds. The van der Waals surface area contributed by atoms with Crippen LogP contribution in [-0.4, -0.2) is 68.5 Å². The highest BCUT2D eigenvalue weighted by atomic mass is 31.2. The molecule has 2 N–H and O–H groups in total. The Balaban J connectivity index is 4.09. The number of unbranched alkanes of at least 4 members (excludes halogenated alkanes) is 28. The van der Waals surface area contributed by atoms with Crippen molar-refractivity contribution in [2.75, 3.05) is 40.9 Å². The highest BCUT2D eigenvalue weighted by molar-refractivity contribution is 7.45. The van der Waals surface area contributed by atoms with E-state index < -0.39 is 20.0 Å². The highest BCUT2D eigenvalue weighted by Gasteiger charge is 2.23. The lowest BCUT2D eigenvalue weighted by atomic mass is 10.0. The summed E-state index contributed by atoms with van der Waals surface area (Å²) in [5.74, 6) is -0.206. The van der Waals surface area contributed by atoms with Crippen LogP contribution < -0.4 is 10.2 Å². The summed E-state index contributed by atoms with van der Waals surface area (Å²) in [6.45, 7) is 4.59. The molecule has 8 nitrogen and oxygen atoms in total. The fourth-order valence-electron chi connectivity index (χ4n) is 6.62. The van der Waals surface area contributed by atoms with Crippen LogP contribution in [0.5, 0.6) is 0 Å². The SMILES string of the molecule is CCCCCCCCCCCCCCCCCCCCCCCCC/C=C/C(O)C(COP(=O)([O-])OCC[N+](C)(C)C)NC(=O)CCCCCCCC. The van der Waals surface area contributed by atoms with Crippen LogP contribution >= 0.6 is 7.82 Å². The quantitative estimate of drug-likeness (QED) is 0.0277. The molecule has 9 heteroatoms.